The van der Waals surface area contributed by atoms with Crippen LogP contribution in [0.5, 0.6) is 0 Å². The monoisotopic (exact) mass is 157 g/mol. The summed E-state index contributed by atoms with van der Waals surface area (Å²) in [5.74, 6) is -1.09. The lowest BCUT2D eigenvalue weighted by Gasteiger charge is -1.97. The Labute approximate surface area is 62.1 Å². The lowest BCUT2D eigenvalue weighted by atomic mass is 10.5. The Hall–Kier alpha value is -1.43. The van der Waals surface area contributed by atoms with E-state index in [0.717, 1.165) is 10.9 Å². The second-order valence-electron chi connectivity index (χ2n) is 1.87. The number of aliphatic hydroxyl groups excluding tert-OH is 1. The smallest absolute Gasteiger partial charge is 0.355 e. The molecule has 0 saturated heterocycles. The molecule has 6 nitrogen and oxygen atoms in total. The predicted molar refractivity (Wildman–Crippen MR) is 34.1 cm³/mol. The molecule has 11 heavy (non-hydrogen) atoms. The van der Waals surface area contributed by atoms with E-state index >= 15 is 0 Å². The van der Waals surface area contributed by atoms with Crippen LogP contribution in [0.1, 0.15) is 10.5 Å². The maximum atomic E-state index is 10.4. The molecule has 0 fully saturated rings. The summed E-state index contributed by atoms with van der Waals surface area (Å²) in [5.41, 5.74) is -0.0148. The molecule has 2 N–H and O–H groups in total. The van der Waals surface area contributed by atoms with E-state index in [2.05, 4.69) is 10.3 Å². The molecule has 0 radical (unpaired) electrons. The van der Waals surface area contributed by atoms with Gasteiger partial charge in [-0.15, -0.1) is 5.10 Å². The van der Waals surface area contributed by atoms with Gasteiger partial charge in [0, 0.05) is 0 Å². The Morgan fingerprint density at radius 3 is 3.00 bits per heavy atom. The lowest BCUT2D eigenvalue weighted by molar-refractivity contribution is 0.0681. The zero-order valence-corrected chi connectivity index (χ0v) is 5.64. The number of carbonyl (C=O) groups is 1. The molecule has 0 amide bonds. The fourth-order valence-electron chi connectivity index (χ4n) is 0.683. The molecule has 0 unspecified atom stereocenters. The molecule has 1 rings (SSSR count). The van der Waals surface area contributed by atoms with Crippen molar-refractivity contribution >= 4 is 5.97 Å². The summed E-state index contributed by atoms with van der Waals surface area (Å²) in [7, 11) is 0. The number of aromatic nitrogens is 3. The van der Waals surface area contributed by atoms with Crippen molar-refractivity contribution in [2.45, 2.75) is 6.54 Å². The van der Waals surface area contributed by atoms with E-state index < -0.39 is 5.97 Å². The van der Waals surface area contributed by atoms with Gasteiger partial charge < -0.3 is 10.2 Å². The second kappa shape index (κ2) is 3.11. The van der Waals surface area contributed by atoms with Crippen LogP contribution in [0, 0.1) is 0 Å². The molecule has 0 aromatic carbocycles. The highest BCUT2D eigenvalue weighted by atomic mass is 16.4. The van der Waals surface area contributed by atoms with Gasteiger partial charge in [-0.1, -0.05) is 5.21 Å². The van der Waals surface area contributed by atoms with Gasteiger partial charge in [0.15, 0.2) is 5.69 Å². The molecule has 0 bridgehead atoms. The molecule has 1 aromatic heterocycles. The van der Waals surface area contributed by atoms with Crippen LogP contribution in [0.3, 0.4) is 0 Å². The Balaban J connectivity index is 2.87. The maximum absolute atomic E-state index is 10.4. The molecule has 0 saturated carbocycles. The highest BCUT2D eigenvalue weighted by Crippen LogP contribution is 1.94. The molecule has 60 valence electrons. The van der Waals surface area contributed by atoms with Gasteiger partial charge in [-0.3, -0.25) is 0 Å². The third kappa shape index (κ3) is 1.53. The minimum Gasteiger partial charge on any atom is -0.476 e. The van der Waals surface area contributed by atoms with E-state index in [0.29, 0.717) is 0 Å². The highest BCUT2D eigenvalue weighted by Gasteiger charge is 2.09. The number of hydrogen-bond donors (Lipinski definition) is 2. The standard InChI is InChI=1S/C5H7N3O3/c9-2-1-8-4(5(10)11)3-6-7-8/h3,9H,1-2H2,(H,10,11). The van der Waals surface area contributed by atoms with Gasteiger partial charge in [-0.2, -0.15) is 0 Å². The highest BCUT2D eigenvalue weighted by molar-refractivity contribution is 5.85. The average molecular weight is 157 g/mol. The molecule has 0 aliphatic rings. The Morgan fingerprint density at radius 2 is 2.45 bits per heavy atom. The Morgan fingerprint density at radius 1 is 1.73 bits per heavy atom. The van der Waals surface area contributed by atoms with E-state index in [4.69, 9.17) is 10.2 Å². The minimum absolute atomic E-state index is 0.0148. The maximum Gasteiger partial charge on any atom is 0.355 e. The molecule has 1 heterocycles. The van der Waals surface area contributed by atoms with Gasteiger partial charge in [0.1, 0.15) is 0 Å². The van der Waals surface area contributed by atoms with E-state index in [-0.39, 0.29) is 18.8 Å². The van der Waals surface area contributed by atoms with Gasteiger partial charge in [-0.25, -0.2) is 9.48 Å². The van der Waals surface area contributed by atoms with Crippen LogP contribution in [0.4, 0.5) is 0 Å². The van der Waals surface area contributed by atoms with Gasteiger partial charge >= 0.3 is 5.97 Å². The van der Waals surface area contributed by atoms with E-state index in [1.165, 1.54) is 0 Å². The number of aliphatic hydroxyl groups is 1. The Bertz CT molecular complexity index is 257. The second-order valence-corrected chi connectivity index (χ2v) is 1.87. The van der Waals surface area contributed by atoms with Crippen LogP contribution in [0.2, 0.25) is 0 Å². The quantitative estimate of drug-likeness (QED) is 0.585. The van der Waals surface area contributed by atoms with Crippen molar-refractivity contribution in [3.05, 3.63) is 11.9 Å². The van der Waals surface area contributed by atoms with Crippen LogP contribution in [-0.2, 0) is 6.54 Å². The van der Waals surface area contributed by atoms with E-state index in [1.807, 2.05) is 0 Å². The van der Waals surface area contributed by atoms with Crippen LogP contribution in [-0.4, -0.2) is 37.8 Å². The largest absolute Gasteiger partial charge is 0.476 e. The van der Waals surface area contributed by atoms with Gasteiger partial charge in [0.05, 0.1) is 19.3 Å². The minimum atomic E-state index is -1.09. The Kier molecular flexibility index (Phi) is 2.17. The number of carboxylic acid groups (broad SMARTS) is 1. The zero-order valence-electron chi connectivity index (χ0n) is 5.64. The summed E-state index contributed by atoms with van der Waals surface area (Å²) in [6, 6.07) is 0. The van der Waals surface area contributed by atoms with Crippen LogP contribution in [0.15, 0.2) is 6.20 Å². The fourth-order valence-corrected chi connectivity index (χ4v) is 0.683. The van der Waals surface area contributed by atoms with Crippen molar-refractivity contribution in [3.8, 4) is 0 Å². The van der Waals surface area contributed by atoms with Crippen molar-refractivity contribution in [3.63, 3.8) is 0 Å². The first kappa shape index (κ1) is 7.67. The topological polar surface area (TPSA) is 88.2 Å². The van der Waals surface area contributed by atoms with Crippen LogP contribution < -0.4 is 0 Å². The van der Waals surface area contributed by atoms with Crippen molar-refractivity contribution in [1.82, 2.24) is 15.0 Å². The molecule has 6 heteroatoms. The van der Waals surface area contributed by atoms with Crippen molar-refractivity contribution < 1.29 is 15.0 Å². The van der Waals surface area contributed by atoms with Gasteiger partial charge in [-0.05, 0) is 0 Å². The summed E-state index contributed by atoms with van der Waals surface area (Å²) < 4.78 is 1.13. The number of nitrogens with zero attached hydrogens (tertiary/aromatic N) is 3. The molecule has 0 spiro atoms. The van der Waals surface area contributed by atoms with Crippen LogP contribution in [0.25, 0.3) is 0 Å². The number of aromatic carboxylic acids is 1. The molecule has 0 aliphatic heterocycles. The van der Waals surface area contributed by atoms with Crippen molar-refractivity contribution in [2.75, 3.05) is 6.61 Å². The zero-order chi connectivity index (χ0) is 8.27. The summed E-state index contributed by atoms with van der Waals surface area (Å²) in [5, 5.41) is 23.8. The third-order valence-electron chi connectivity index (χ3n) is 1.15. The lowest BCUT2D eigenvalue weighted by Crippen LogP contribution is -2.12. The molecule has 1 aromatic rings. The summed E-state index contributed by atoms with van der Waals surface area (Å²) in [6.07, 6.45) is 1.14. The molecular formula is C5H7N3O3. The average Bonchev–Trinajstić information content (AvgIpc) is 2.36. The number of rotatable bonds is 3. The normalized spacial score (nSPS) is 9.91. The first-order valence-electron chi connectivity index (χ1n) is 2.98. The van der Waals surface area contributed by atoms with E-state index in [1.54, 1.807) is 0 Å². The van der Waals surface area contributed by atoms with E-state index in [9.17, 15) is 4.79 Å². The van der Waals surface area contributed by atoms with Gasteiger partial charge in [0.2, 0.25) is 0 Å². The molecular weight excluding hydrogens is 150 g/mol. The summed E-state index contributed by atoms with van der Waals surface area (Å²) in [6.45, 7) is 0.00523. The number of hydrogen-bond acceptors (Lipinski definition) is 4. The van der Waals surface area contributed by atoms with Crippen molar-refractivity contribution in [2.24, 2.45) is 0 Å². The van der Waals surface area contributed by atoms with Crippen molar-refractivity contribution in [1.29, 1.82) is 0 Å². The first-order chi connectivity index (χ1) is 5.25. The predicted octanol–water partition coefficient (Wildman–Crippen LogP) is -1.03. The molecule has 0 atom stereocenters. The third-order valence-corrected chi connectivity index (χ3v) is 1.15. The molecule has 0 aliphatic carbocycles. The SMILES string of the molecule is O=C(O)c1cnnn1CCO. The summed E-state index contributed by atoms with van der Waals surface area (Å²) >= 11 is 0. The first-order valence-corrected chi connectivity index (χ1v) is 2.98. The number of carboxylic acids is 1. The van der Waals surface area contributed by atoms with Gasteiger partial charge in [0.25, 0.3) is 0 Å². The van der Waals surface area contributed by atoms with Crippen LogP contribution >= 0.6 is 0 Å². The fraction of sp³-hybridized carbons (Fsp3) is 0.400. The summed E-state index contributed by atoms with van der Waals surface area (Å²) in [4.78, 5) is 10.4.